The van der Waals surface area contributed by atoms with Crippen LogP contribution in [0.15, 0.2) is 54.7 Å². The molecule has 3 rings (SSSR count). The predicted octanol–water partition coefficient (Wildman–Crippen LogP) is 5.00. The Morgan fingerprint density at radius 3 is 2.41 bits per heavy atom. The lowest BCUT2D eigenvalue weighted by Gasteiger charge is -2.24. The fourth-order valence-corrected chi connectivity index (χ4v) is 3.44. The molecule has 0 saturated heterocycles. The molecule has 1 aromatic heterocycles. The number of carbonyl (C=O) groups excluding carboxylic acids is 1. The van der Waals surface area contributed by atoms with Gasteiger partial charge in [0.2, 0.25) is 0 Å². The maximum atomic E-state index is 12.8. The molecule has 1 amide bonds. The van der Waals surface area contributed by atoms with Gasteiger partial charge in [0.15, 0.2) is 0 Å². The molecule has 7 heteroatoms. The summed E-state index contributed by atoms with van der Waals surface area (Å²) in [5.41, 5.74) is 4.72. The Morgan fingerprint density at radius 2 is 1.81 bits per heavy atom. The SMILES string of the molecule is COC(=O)N(c1ccnc(Cc2ccc(C#N)cc2)n1)c1c(C)cc(/C=C/C#N)cc1C. The second-order valence-corrected chi connectivity index (χ2v) is 7.09. The Bertz CT molecular complexity index is 1230. The van der Waals surface area contributed by atoms with Gasteiger partial charge in [-0.1, -0.05) is 12.1 Å². The molecule has 7 nitrogen and oxygen atoms in total. The number of ether oxygens (including phenoxy) is 1. The van der Waals surface area contributed by atoms with Crippen molar-refractivity contribution in [3.8, 4) is 12.1 Å². The van der Waals surface area contributed by atoms with E-state index in [4.69, 9.17) is 15.3 Å². The van der Waals surface area contributed by atoms with Crippen molar-refractivity contribution in [3.05, 3.63) is 88.4 Å². The van der Waals surface area contributed by atoms with E-state index in [9.17, 15) is 4.79 Å². The van der Waals surface area contributed by atoms with Gasteiger partial charge >= 0.3 is 6.09 Å². The van der Waals surface area contributed by atoms with E-state index in [-0.39, 0.29) is 0 Å². The minimum absolute atomic E-state index is 0.391. The van der Waals surface area contributed by atoms with E-state index in [0.29, 0.717) is 29.3 Å². The van der Waals surface area contributed by atoms with Crippen molar-refractivity contribution in [2.45, 2.75) is 20.3 Å². The number of hydrogen-bond donors (Lipinski definition) is 0. The molecule has 0 fully saturated rings. The average molecular weight is 423 g/mol. The van der Waals surface area contributed by atoms with Crippen molar-refractivity contribution < 1.29 is 9.53 Å². The minimum atomic E-state index is -0.570. The number of carbonyl (C=O) groups is 1. The third-order valence-corrected chi connectivity index (χ3v) is 4.81. The maximum Gasteiger partial charge on any atom is 0.419 e. The van der Waals surface area contributed by atoms with Crippen LogP contribution in [0.2, 0.25) is 0 Å². The summed E-state index contributed by atoms with van der Waals surface area (Å²) >= 11 is 0. The van der Waals surface area contributed by atoms with Crippen LogP contribution in [0.25, 0.3) is 6.08 Å². The van der Waals surface area contributed by atoms with Gasteiger partial charge in [0.1, 0.15) is 11.6 Å². The van der Waals surface area contributed by atoms with Crippen LogP contribution < -0.4 is 4.90 Å². The number of methoxy groups -OCH3 is 1. The molecule has 0 unspecified atom stereocenters. The van der Waals surface area contributed by atoms with Gasteiger partial charge in [-0.3, -0.25) is 0 Å². The van der Waals surface area contributed by atoms with Crippen LogP contribution in [0.5, 0.6) is 0 Å². The topological polar surface area (TPSA) is 103 Å². The molecule has 32 heavy (non-hydrogen) atoms. The summed E-state index contributed by atoms with van der Waals surface area (Å²) in [5.74, 6) is 0.923. The first-order valence-corrected chi connectivity index (χ1v) is 9.83. The Kier molecular flexibility index (Phi) is 6.95. The van der Waals surface area contributed by atoms with E-state index in [1.54, 1.807) is 30.5 Å². The highest BCUT2D eigenvalue weighted by Crippen LogP contribution is 2.32. The van der Waals surface area contributed by atoms with E-state index in [0.717, 1.165) is 22.3 Å². The number of rotatable bonds is 5. The van der Waals surface area contributed by atoms with Gasteiger partial charge in [0.25, 0.3) is 0 Å². The number of hydrogen-bond acceptors (Lipinski definition) is 6. The van der Waals surface area contributed by atoms with E-state index in [1.807, 2.05) is 44.2 Å². The van der Waals surface area contributed by atoms with Crippen molar-refractivity contribution in [3.63, 3.8) is 0 Å². The molecule has 0 atom stereocenters. The van der Waals surface area contributed by atoms with Gasteiger partial charge in [-0.05, 0) is 72.5 Å². The Balaban J connectivity index is 2.01. The smallest absolute Gasteiger partial charge is 0.419 e. The first kappa shape index (κ1) is 22.2. The summed E-state index contributed by atoms with van der Waals surface area (Å²) < 4.78 is 5.05. The van der Waals surface area contributed by atoms with E-state index < -0.39 is 6.09 Å². The van der Waals surface area contributed by atoms with Crippen molar-refractivity contribution in [1.82, 2.24) is 9.97 Å². The molecule has 1 heterocycles. The third kappa shape index (κ3) is 4.97. The zero-order valence-electron chi connectivity index (χ0n) is 18.0. The second kappa shape index (κ2) is 10.0. The molecule has 0 saturated carbocycles. The minimum Gasteiger partial charge on any atom is -0.452 e. The number of aryl methyl sites for hydroxylation is 2. The number of allylic oxidation sites excluding steroid dienone is 1. The summed E-state index contributed by atoms with van der Waals surface area (Å²) in [4.78, 5) is 23.1. The van der Waals surface area contributed by atoms with E-state index in [2.05, 4.69) is 16.0 Å². The van der Waals surface area contributed by atoms with Gasteiger partial charge in [-0.2, -0.15) is 10.5 Å². The number of nitrogens with zero attached hydrogens (tertiary/aromatic N) is 5. The molecule has 0 aliphatic rings. The molecule has 0 aliphatic heterocycles. The molecular formula is C25H21N5O2. The van der Waals surface area contributed by atoms with Crippen LogP contribution in [0.4, 0.5) is 16.3 Å². The monoisotopic (exact) mass is 423 g/mol. The summed E-state index contributed by atoms with van der Waals surface area (Å²) in [5, 5.41) is 17.7. The lowest BCUT2D eigenvalue weighted by Crippen LogP contribution is -2.28. The van der Waals surface area contributed by atoms with Crippen LogP contribution >= 0.6 is 0 Å². The summed E-state index contributed by atoms with van der Waals surface area (Å²) in [6, 6.07) is 16.7. The number of amides is 1. The zero-order valence-corrected chi connectivity index (χ0v) is 18.0. The molecule has 0 aliphatic carbocycles. The van der Waals surface area contributed by atoms with Gasteiger partial charge in [0.05, 0.1) is 30.5 Å². The highest BCUT2D eigenvalue weighted by molar-refractivity contribution is 5.96. The van der Waals surface area contributed by atoms with Crippen LogP contribution in [0.1, 0.15) is 33.6 Å². The molecule has 0 bridgehead atoms. The van der Waals surface area contributed by atoms with Gasteiger partial charge in [-0.25, -0.2) is 19.7 Å². The molecule has 3 aromatic rings. The molecule has 158 valence electrons. The van der Waals surface area contributed by atoms with Crippen LogP contribution in [0, 0.1) is 36.5 Å². The highest BCUT2D eigenvalue weighted by atomic mass is 16.5. The molecule has 0 spiro atoms. The first-order chi connectivity index (χ1) is 15.5. The fourth-order valence-electron chi connectivity index (χ4n) is 3.44. The van der Waals surface area contributed by atoms with Gasteiger partial charge in [-0.15, -0.1) is 0 Å². The van der Waals surface area contributed by atoms with Gasteiger partial charge in [0, 0.05) is 18.7 Å². The van der Waals surface area contributed by atoms with Crippen molar-refractivity contribution in [2.75, 3.05) is 12.0 Å². The summed E-state index contributed by atoms with van der Waals surface area (Å²) in [7, 11) is 1.32. The second-order valence-electron chi connectivity index (χ2n) is 7.09. The average Bonchev–Trinajstić information content (AvgIpc) is 2.80. The van der Waals surface area contributed by atoms with Crippen molar-refractivity contribution in [2.24, 2.45) is 0 Å². The van der Waals surface area contributed by atoms with E-state index >= 15 is 0 Å². The Morgan fingerprint density at radius 1 is 1.12 bits per heavy atom. The summed E-state index contributed by atoms with van der Waals surface area (Å²) in [6.45, 7) is 3.78. The fraction of sp³-hybridized carbons (Fsp3) is 0.160. The summed E-state index contributed by atoms with van der Waals surface area (Å²) in [6.07, 6.45) is 4.61. The quantitative estimate of drug-likeness (QED) is 0.535. The maximum absolute atomic E-state index is 12.8. The number of benzene rings is 2. The van der Waals surface area contributed by atoms with Crippen molar-refractivity contribution >= 4 is 23.7 Å². The normalized spacial score (nSPS) is 10.4. The van der Waals surface area contributed by atoms with Crippen LogP contribution in [-0.4, -0.2) is 23.2 Å². The molecule has 0 N–H and O–H groups in total. The highest BCUT2D eigenvalue weighted by Gasteiger charge is 2.24. The Hall–Kier alpha value is -4.49. The molecular weight excluding hydrogens is 402 g/mol. The van der Waals surface area contributed by atoms with Crippen LogP contribution in [0.3, 0.4) is 0 Å². The lowest BCUT2D eigenvalue weighted by atomic mass is 10.0. The Labute approximate surface area is 186 Å². The largest absolute Gasteiger partial charge is 0.452 e. The third-order valence-electron chi connectivity index (χ3n) is 4.81. The predicted molar refractivity (Wildman–Crippen MR) is 121 cm³/mol. The lowest BCUT2D eigenvalue weighted by molar-refractivity contribution is 0.181. The van der Waals surface area contributed by atoms with Crippen molar-refractivity contribution in [1.29, 1.82) is 10.5 Å². The van der Waals surface area contributed by atoms with Gasteiger partial charge < -0.3 is 4.74 Å². The first-order valence-electron chi connectivity index (χ1n) is 9.83. The van der Waals surface area contributed by atoms with E-state index in [1.165, 1.54) is 18.1 Å². The van der Waals surface area contributed by atoms with Crippen LogP contribution in [-0.2, 0) is 11.2 Å². The number of anilines is 2. The zero-order chi connectivity index (χ0) is 23.1. The standard InChI is InChI=1S/C25H21N5O2/c1-17-13-21(5-4-11-26)14-18(2)24(17)30(25(31)32-3)23-10-12-28-22(29-23)15-19-6-8-20(16-27)9-7-19/h4-10,12-14H,15H2,1-3H3/b5-4+. The molecule has 0 radical (unpaired) electrons. The number of aromatic nitrogens is 2. The molecule has 2 aromatic carbocycles. The number of nitriles is 2.